The second-order valence-corrected chi connectivity index (χ2v) is 6.77. The molecule has 0 N–H and O–H groups in total. The molecule has 0 fully saturated rings. The molecule has 0 heteroatoms. The molecule has 0 saturated heterocycles. The highest BCUT2D eigenvalue weighted by Crippen LogP contribution is 2.31. The fraction of sp³-hybridized carbons (Fsp3) is 1.00. The molecule has 0 spiro atoms. The highest BCUT2D eigenvalue weighted by Gasteiger charge is 2.18. The van der Waals surface area contributed by atoms with Crippen LogP contribution in [0.5, 0.6) is 0 Å². The van der Waals surface area contributed by atoms with Crippen molar-refractivity contribution < 1.29 is 0 Å². The van der Waals surface area contributed by atoms with Crippen molar-refractivity contribution in [2.45, 2.75) is 118 Å². The average Bonchev–Trinajstić information content (AvgIpc) is 2.47. The lowest BCUT2D eigenvalue weighted by molar-refractivity contribution is 0.251. The first-order chi connectivity index (χ1) is 9.79. The van der Waals surface area contributed by atoms with Gasteiger partial charge in [0.25, 0.3) is 0 Å². The summed E-state index contributed by atoms with van der Waals surface area (Å²) >= 11 is 0. The van der Waals surface area contributed by atoms with Gasteiger partial charge < -0.3 is 0 Å². The minimum Gasteiger partial charge on any atom is -0.0654 e. The van der Waals surface area contributed by atoms with Gasteiger partial charge in [0.15, 0.2) is 0 Å². The summed E-state index contributed by atoms with van der Waals surface area (Å²) < 4.78 is 0. The number of rotatable bonds is 15. The summed E-state index contributed by atoms with van der Waals surface area (Å²) in [6, 6.07) is 0. The zero-order valence-electron chi connectivity index (χ0n) is 15.1. The van der Waals surface area contributed by atoms with Crippen molar-refractivity contribution in [2.24, 2.45) is 11.8 Å². The van der Waals surface area contributed by atoms with E-state index in [1.165, 1.54) is 89.9 Å². The fourth-order valence-electron chi connectivity index (χ4n) is 3.52. The van der Waals surface area contributed by atoms with Crippen LogP contribution in [0, 0.1) is 11.8 Å². The number of unbranched alkanes of at least 4 members (excludes halogenated alkanes) is 7. The van der Waals surface area contributed by atoms with E-state index in [0.29, 0.717) is 0 Å². The molecule has 2 unspecified atom stereocenters. The average molecular weight is 283 g/mol. The first kappa shape index (κ1) is 20.0. The summed E-state index contributed by atoms with van der Waals surface area (Å²) in [6.45, 7) is 9.40. The summed E-state index contributed by atoms with van der Waals surface area (Å²) in [5.41, 5.74) is 0. The van der Waals surface area contributed by atoms with Gasteiger partial charge in [0.05, 0.1) is 0 Å². The Bertz CT molecular complexity index is 173. The molecule has 0 aromatic rings. The smallest absolute Gasteiger partial charge is 0.0386 e. The van der Waals surface area contributed by atoms with E-state index in [2.05, 4.69) is 27.7 Å². The molecule has 0 bridgehead atoms. The normalized spacial score (nSPS) is 14.4. The molecule has 0 aliphatic rings. The topological polar surface area (TPSA) is 0 Å². The maximum Gasteiger partial charge on any atom is -0.0386 e. The lowest BCUT2D eigenvalue weighted by Gasteiger charge is -2.26. The van der Waals surface area contributed by atoms with Crippen LogP contribution < -0.4 is 0 Å². The lowest BCUT2D eigenvalue weighted by Crippen LogP contribution is -2.15. The molecule has 0 amide bonds. The molecule has 0 saturated carbocycles. The van der Waals surface area contributed by atoms with Crippen molar-refractivity contribution in [3.05, 3.63) is 0 Å². The molecule has 0 rings (SSSR count). The molecule has 20 heavy (non-hydrogen) atoms. The second-order valence-electron chi connectivity index (χ2n) is 6.77. The largest absolute Gasteiger partial charge is 0.0654 e. The molecule has 0 aliphatic heterocycles. The molecular weight excluding hydrogens is 240 g/mol. The monoisotopic (exact) mass is 282 g/mol. The Kier molecular flexibility index (Phi) is 15.4. The molecule has 0 heterocycles. The predicted octanol–water partition coefficient (Wildman–Crippen LogP) is 7.76. The predicted molar refractivity (Wildman–Crippen MR) is 94.3 cm³/mol. The van der Waals surface area contributed by atoms with Crippen molar-refractivity contribution in [1.29, 1.82) is 0 Å². The molecule has 0 radical (unpaired) electrons. The van der Waals surface area contributed by atoms with Crippen LogP contribution in [0.1, 0.15) is 118 Å². The van der Waals surface area contributed by atoms with E-state index in [9.17, 15) is 0 Å². The fourth-order valence-corrected chi connectivity index (χ4v) is 3.52. The van der Waals surface area contributed by atoms with Crippen LogP contribution in [0.15, 0.2) is 0 Å². The summed E-state index contributed by atoms with van der Waals surface area (Å²) in [5, 5.41) is 0. The van der Waals surface area contributed by atoms with E-state index in [-0.39, 0.29) is 0 Å². The maximum atomic E-state index is 2.43. The summed E-state index contributed by atoms with van der Waals surface area (Å²) in [7, 11) is 0. The SMILES string of the molecule is CCCCCCCC(CC)C(CCCC)CCCCC. The minimum absolute atomic E-state index is 1.01. The Morgan fingerprint density at radius 3 is 1.50 bits per heavy atom. The van der Waals surface area contributed by atoms with Crippen LogP contribution in [0.2, 0.25) is 0 Å². The van der Waals surface area contributed by atoms with Gasteiger partial charge in [-0.2, -0.15) is 0 Å². The number of hydrogen-bond donors (Lipinski definition) is 0. The highest BCUT2D eigenvalue weighted by atomic mass is 14.2. The van der Waals surface area contributed by atoms with Crippen molar-refractivity contribution >= 4 is 0 Å². The zero-order valence-corrected chi connectivity index (χ0v) is 15.1. The molecule has 122 valence electrons. The van der Waals surface area contributed by atoms with Crippen LogP contribution in [0.4, 0.5) is 0 Å². The third kappa shape index (κ3) is 10.7. The van der Waals surface area contributed by atoms with Crippen LogP contribution in [0.3, 0.4) is 0 Å². The third-order valence-corrected chi connectivity index (χ3v) is 4.98. The van der Waals surface area contributed by atoms with Gasteiger partial charge in [-0.05, 0) is 11.8 Å². The van der Waals surface area contributed by atoms with E-state index in [1.807, 2.05) is 0 Å². The Morgan fingerprint density at radius 1 is 0.450 bits per heavy atom. The van der Waals surface area contributed by atoms with Gasteiger partial charge in [0.1, 0.15) is 0 Å². The third-order valence-electron chi connectivity index (χ3n) is 4.98. The zero-order chi connectivity index (χ0) is 15.1. The Morgan fingerprint density at radius 2 is 0.900 bits per heavy atom. The lowest BCUT2D eigenvalue weighted by atomic mass is 9.79. The van der Waals surface area contributed by atoms with Crippen molar-refractivity contribution in [3.8, 4) is 0 Å². The maximum absolute atomic E-state index is 2.43. The summed E-state index contributed by atoms with van der Waals surface area (Å²) in [6.07, 6.45) is 20.2. The van der Waals surface area contributed by atoms with Crippen LogP contribution in [-0.4, -0.2) is 0 Å². The van der Waals surface area contributed by atoms with E-state index >= 15 is 0 Å². The quantitative estimate of drug-likeness (QED) is 0.269. The van der Waals surface area contributed by atoms with Crippen LogP contribution >= 0.6 is 0 Å². The van der Waals surface area contributed by atoms with Gasteiger partial charge in [-0.1, -0.05) is 118 Å². The van der Waals surface area contributed by atoms with Crippen molar-refractivity contribution in [1.82, 2.24) is 0 Å². The van der Waals surface area contributed by atoms with Crippen molar-refractivity contribution in [3.63, 3.8) is 0 Å². The van der Waals surface area contributed by atoms with E-state index in [1.54, 1.807) is 0 Å². The number of hydrogen-bond acceptors (Lipinski definition) is 0. The van der Waals surface area contributed by atoms with Gasteiger partial charge in [-0.3, -0.25) is 0 Å². The Hall–Kier alpha value is 0. The molecule has 0 aromatic heterocycles. The standard InChI is InChI=1S/C20H42/c1-5-9-12-13-15-17-19(8-4)20(16-11-7-3)18-14-10-6-2/h19-20H,5-18H2,1-4H3. The van der Waals surface area contributed by atoms with Gasteiger partial charge in [-0.25, -0.2) is 0 Å². The van der Waals surface area contributed by atoms with E-state index in [4.69, 9.17) is 0 Å². The first-order valence-electron chi connectivity index (χ1n) is 9.79. The molecule has 2 atom stereocenters. The Balaban J connectivity index is 4.03. The van der Waals surface area contributed by atoms with Crippen LogP contribution in [0.25, 0.3) is 0 Å². The van der Waals surface area contributed by atoms with Gasteiger partial charge in [-0.15, -0.1) is 0 Å². The van der Waals surface area contributed by atoms with Crippen LogP contribution in [-0.2, 0) is 0 Å². The Labute approximate surface area is 130 Å². The molecule has 0 aliphatic carbocycles. The van der Waals surface area contributed by atoms with Gasteiger partial charge in [0, 0.05) is 0 Å². The van der Waals surface area contributed by atoms with E-state index < -0.39 is 0 Å². The van der Waals surface area contributed by atoms with Crippen molar-refractivity contribution in [2.75, 3.05) is 0 Å². The van der Waals surface area contributed by atoms with Gasteiger partial charge >= 0.3 is 0 Å². The molecular formula is C20H42. The first-order valence-corrected chi connectivity index (χ1v) is 9.79. The van der Waals surface area contributed by atoms with E-state index in [0.717, 1.165) is 11.8 Å². The summed E-state index contributed by atoms with van der Waals surface area (Å²) in [4.78, 5) is 0. The molecule has 0 aromatic carbocycles. The highest BCUT2D eigenvalue weighted by molar-refractivity contribution is 4.70. The summed E-state index contributed by atoms with van der Waals surface area (Å²) in [5.74, 6) is 2.04. The molecule has 0 nitrogen and oxygen atoms in total. The second kappa shape index (κ2) is 15.4. The van der Waals surface area contributed by atoms with Gasteiger partial charge in [0.2, 0.25) is 0 Å². The minimum atomic E-state index is 1.01.